The van der Waals surface area contributed by atoms with Gasteiger partial charge in [-0.05, 0) is 49.3 Å². The van der Waals surface area contributed by atoms with Gasteiger partial charge in [0.2, 0.25) is 0 Å². The molecule has 40 heavy (non-hydrogen) atoms. The molecule has 5 rings (SSSR count). The highest BCUT2D eigenvalue weighted by Crippen LogP contribution is 2.44. The van der Waals surface area contributed by atoms with Crippen LogP contribution in [0.15, 0.2) is 66.9 Å². The Bertz CT molecular complexity index is 1380. The molecule has 2 aliphatic rings. The highest BCUT2D eigenvalue weighted by Gasteiger charge is 2.54. The van der Waals surface area contributed by atoms with Gasteiger partial charge in [0.25, 0.3) is 18.2 Å². The third-order valence-corrected chi connectivity index (χ3v) is 8.10. The van der Waals surface area contributed by atoms with Crippen molar-refractivity contribution in [2.24, 2.45) is 5.92 Å². The Morgan fingerprint density at radius 2 is 1.77 bits per heavy atom. The van der Waals surface area contributed by atoms with Gasteiger partial charge in [-0.2, -0.15) is 0 Å². The molecule has 2 amide bonds. The van der Waals surface area contributed by atoms with Crippen LogP contribution in [0.2, 0.25) is 5.02 Å². The number of alkyl halides is 2. The zero-order chi connectivity index (χ0) is 28.4. The van der Waals surface area contributed by atoms with Crippen LogP contribution < -0.4 is 10.2 Å². The fourth-order valence-electron chi connectivity index (χ4n) is 5.77. The maximum atomic E-state index is 13.7. The van der Waals surface area contributed by atoms with Crippen LogP contribution in [0.3, 0.4) is 0 Å². The summed E-state index contributed by atoms with van der Waals surface area (Å²) in [4.78, 5) is 31.6. The van der Waals surface area contributed by atoms with E-state index in [0.717, 1.165) is 11.8 Å². The predicted molar refractivity (Wildman–Crippen MR) is 146 cm³/mol. The number of pyridine rings is 1. The predicted octanol–water partition coefficient (Wildman–Crippen LogP) is 4.80. The first-order valence-corrected chi connectivity index (χ1v) is 13.7. The number of aliphatic hydroxyl groups excluding tert-OH is 1. The standard InChI is InChI=1S/C30H30ClF2N3O4/c31-20-15-22(26(27(32)33)34-16-20)28(38)35-21-12-10-19(11-13-21)17-36-24-9-5-4-8-23(24)30(40,29(36)39)25(37)14-18-6-2-1-3-7-18/h1-9,15-16,19,21,25,27,37,40H,10-14,17H2,(H,35,38)/t19?,21?,25-,30?/m1/s1. The minimum absolute atomic E-state index is 0.0863. The molecule has 1 unspecified atom stereocenters. The number of anilines is 1. The summed E-state index contributed by atoms with van der Waals surface area (Å²) >= 11 is 5.88. The summed E-state index contributed by atoms with van der Waals surface area (Å²) in [5, 5.41) is 25.6. The lowest BCUT2D eigenvalue weighted by Crippen LogP contribution is -2.50. The molecule has 1 fully saturated rings. The number of amides is 2. The Balaban J connectivity index is 1.24. The van der Waals surface area contributed by atoms with Crippen molar-refractivity contribution in [2.45, 2.75) is 56.3 Å². The van der Waals surface area contributed by atoms with Crippen molar-refractivity contribution in [2.75, 3.05) is 11.4 Å². The van der Waals surface area contributed by atoms with E-state index in [2.05, 4.69) is 10.3 Å². The first-order valence-electron chi connectivity index (χ1n) is 13.3. The molecular formula is C30H30ClF2N3O4. The van der Waals surface area contributed by atoms with E-state index in [1.165, 1.54) is 6.07 Å². The van der Waals surface area contributed by atoms with E-state index < -0.39 is 35.6 Å². The number of carbonyl (C=O) groups is 2. The lowest BCUT2D eigenvalue weighted by atomic mass is 9.85. The van der Waals surface area contributed by atoms with Crippen molar-refractivity contribution in [1.29, 1.82) is 0 Å². The molecule has 210 valence electrons. The topological polar surface area (TPSA) is 103 Å². The van der Waals surface area contributed by atoms with Gasteiger partial charge in [-0.15, -0.1) is 0 Å². The van der Waals surface area contributed by atoms with Crippen LogP contribution in [0.5, 0.6) is 0 Å². The van der Waals surface area contributed by atoms with Crippen molar-refractivity contribution in [3.05, 3.63) is 94.3 Å². The summed E-state index contributed by atoms with van der Waals surface area (Å²) in [5.74, 6) is -1.11. The Morgan fingerprint density at radius 3 is 2.48 bits per heavy atom. The molecular weight excluding hydrogens is 540 g/mol. The Kier molecular flexibility index (Phi) is 8.16. The maximum absolute atomic E-state index is 13.7. The summed E-state index contributed by atoms with van der Waals surface area (Å²) in [7, 11) is 0. The number of fused-ring (bicyclic) bond motifs is 1. The van der Waals surface area contributed by atoms with E-state index >= 15 is 0 Å². The van der Waals surface area contributed by atoms with Crippen molar-refractivity contribution < 1.29 is 28.6 Å². The molecule has 0 spiro atoms. The number of benzene rings is 2. The van der Waals surface area contributed by atoms with E-state index in [0.29, 0.717) is 43.5 Å². The molecule has 10 heteroatoms. The summed E-state index contributed by atoms with van der Waals surface area (Å²) in [6.45, 7) is 0.352. The molecule has 7 nitrogen and oxygen atoms in total. The molecule has 1 aromatic heterocycles. The third-order valence-electron chi connectivity index (χ3n) is 7.89. The number of nitrogens with one attached hydrogen (secondary N) is 1. The molecule has 2 aromatic carbocycles. The van der Waals surface area contributed by atoms with Gasteiger partial charge in [-0.25, -0.2) is 8.78 Å². The molecule has 1 aliphatic carbocycles. The lowest BCUT2D eigenvalue weighted by molar-refractivity contribution is -0.149. The molecule has 1 saturated carbocycles. The van der Waals surface area contributed by atoms with E-state index in [9.17, 15) is 28.6 Å². The van der Waals surface area contributed by atoms with Crippen LogP contribution in [0.4, 0.5) is 14.5 Å². The Morgan fingerprint density at radius 1 is 1.10 bits per heavy atom. The summed E-state index contributed by atoms with van der Waals surface area (Å²) < 4.78 is 26.7. The average Bonchev–Trinajstić information content (AvgIpc) is 3.17. The van der Waals surface area contributed by atoms with Crippen molar-refractivity contribution >= 4 is 29.1 Å². The normalized spacial score (nSPS) is 23.2. The highest BCUT2D eigenvalue weighted by atomic mass is 35.5. The number of carbonyl (C=O) groups excluding carboxylic acids is 2. The van der Waals surface area contributed by atoms with E-state index in [-0.39, 0.29) is 29.0 Å². The zero-order valence-electron chi connectivity index (χ0n) is 21.6. The second-order valence-electron chi connectivity index (χ2n) is 10.5. The Hall–Kier alpha value is -3.40. The van der Waals surface area contributed by atoms with E-state index in [4.69, 9.17) is 11.6 Å². The van der Waals surface area contributed by atoms with Crippen LogP contribution in [0.1, 0.15) is 59.3 Å². The fourth-order valence-corrected chi connectivity index (χ4v) is 5.92. The SMILES string of the molecule is O=C(NC1CCC(CN2C(=O)C(O)([C@H](O)Cc3ccccc3)c3ccccc32)CC1)c1cc(Cl)cnc1C(F)F. The van der Waals surface area contributed by atoms with E-state index in [1.807, 2.05) is 30.3 Å². The first kappa shape index (κ1) is 28.1. The number of para-hydroxylation sites is 1. The maximum Gasteiger partial charge on any atom is 0.281 e. The van der Waals surface area contributed by atoms with Crippen molar-refractivity contribution in [3.8, 4) is 0 Å². The molecule has 3 N–H and O–H groups in total. The zero-order valence-corrected chi connectivity index (χ0v) is 22.4. The monoisotopic (exact) mass is 569 g/mol. The third kappa shape index (κ3) is 5.46. The smallest absolute Gasteiger partial charge is 0.281 e. The van der Waals surface area contributed by atoms with Crippen LogP contribution in [-0.4, -0.2) is 45.7 Å². The molecule has 0 saturated heterocycles. The van der Waals surface area contributed by atoms with Crippen LogP contribution in [0, 0.1) is 5.92 Å². The second kappa shape index (κ2) is 11.6. The van der Waals surface area contributed by atoms with E-state index in [1.54, 1.807) is 29.2 Å². The quantitative estimate of drug-likeness (QED) is 0.362. The number of aliphatic hydroxyl groups is 2. The van der Waals surface area contributed by atoms with Gasteiger partial charge in [-0.3, -0.25) is 14.6 Å². The van der Waals surface area contributed by atoms with Gasteiger partial charge < -0.3 is 20.4 Å². The summed E-state index contributed by atoms with van der Waals surface area (Å²) in [5.41, 5.74) is -1.15. The van der Waals surface area contributed by atoms with Gasteiger partial charge >= 0.3 is 0 Å². The largest absolute Gasteiger partial charge is 0.389 e. The number of aromatic nitrogens is 1. The van der Waals surface area contributed by atoms with Gasteiger partial charge in [-0.1, -0.05) is 60.1 Å². The minimum atomic E-state index is -2.90. The molecule has 0 bridgehead atoms. The molecule has 3 aromatic rings. The number of rotatable bonds is 8. The van der Waals surface area contributed by atoms with Gasteiger partial charge in [0.05, 0.1) is 16.3 Å². The Labute approximate surface area is 235 Å². The average molecular weight is 570 g/mol. The number of hydrogen-bond acceptors (Lipinski definition) is 5. The lowest BCUT2D eigenvalue weighted by Gasteiger charge is -2.33. The van der Waals surface area contributed by atoms with Gasteiger partial charge in [0, 0.05) is 30.8 Å². The van der Waals surface area contributed by atoms with Gasteiger partial charge in [0.15, 0.2) is 5.60 Å². The number of nitrogens with zero attached hydrogens (tertiary/aromatic N) is 2. The molecule has 2 heterocycles. The molecule has 1 aliphatic heterocycles. The van der Waals surface area contributed by atoms with Crippen LogP contribution in [-0.2, 0) is 16.8 Å². The van der Waals surface area contributed by atoms with Crippen LogP contribution >= 0.6 is 11.6 Å². The summed E-state index contributed by atoms with van der Waals surface area (Å²) in [6, 6.07) is 17.2. The van der Waals surface area contributed by atoms with Gasteiger partial charge in [0.1, 0.15) is 11.8 Å². The number of halogens is 3. The second-order valence-corrected chi connectivity index (χ2v) is 10.9. The number of hydrogen-bond donors (Lipinski definition) is 3. The van der Waals surface area contributed by atoms with Crippen LogP contribution in [0.25, 0.3) is 0 Å². The first-order chi connectivity index (χ1) is 19.2. The highest BCUT2D eigenvalue weighted by molar-refractivity contribution is 6.30. The summed E-state index contributed by atoms with van der Waals surface area (Å²) in [6.07, 6.45) is -0.485. The van der Waals surface area contributed by atoms with Crippen molar-refractivity contribution in [1.82, 2.24) is 10.3 Å². The fraction of sp³-hybridized carbons (Fsp3) is 0.367. The van der Waals surface area contributed by atoms with Crippen molar-refractivity contribution in [3.63, 3.8) is 0 Å². The minimum Gasteiger partial charge on any atom is -0.389 e. The molecule has 2 atom stereocenters. The molecule has 0 radical (unpaired) electrons.